The van der Waals surface area contributed by atoms with Gasteiger partial charge in [0.05, 0.1) is 17.3 Å². The van der Waals surface area contributed by atoms with Gasteiger partial charge in [0.15, 0.2) is 0 Å². The first-order valence-electron chi connectivity index (χ1n) is 12.2. The van der Waals surface area contributed by atoms with Gasteiger partial charge in [0, 0.05) is 37.1 Å². The van der Waals surface area contributed by atoms with Gasteiger partial charge >= 0.3 is 6.61 Å². The lowest BCUT2D eigenvalue weighted by Crippen LogP contribution is -2.36. The van der Waals surface area contributed by atoms with E-state index in [1.165, 1.54) is 49.9 Å². The Hall–Kier alpha value is -3.76. The Morgan fingerprint density at radius 3 is 2.46 bits per heavy atom. The molecule has 8 nitrogen and oxygen atoms in total. The summed E-state index contributed by atoms with van der Waals surface area (Å²) in [7, 11) is 0. The summed E-state index contributed by atoms with van der Waals surface area (Å²) in [6.07, 6.45) is 12.1. The molecule has 200 valence electrons. The summed E-state index contributed by atoms with van der Waals surface area (Å²) in [4.78, 5) is 23.4. The minimum absolute atomic E-state index is 0.0190. The first-order valence-corrected chi connectivity index (χ1v) is 12.2. The number of halogens is 3. The van der Waals surface area contributed by atoms with Crippen molar-refractivity contribution in [1.82, 2.24) is 14.9 Å². The number of fused-ring (bicyclic) bond motifs is 1. The number of anilines is 1. The molecular weight excluding hydrogens is 489 g/mol. The van der Waals surface area contributed by atoms with E-state index in [-0.39, 0.29) is 18.1 Å². The van der Waals surface area contributed by atoms with Gasteiger partial charge in [-0.1, -0.05) is 25.3 Å². The molecule has 3 heterocycles. The van der Waals surface area contributed by atoms with Crippen LogP contribution >= 0.6 is 0 Å². The average molecular weight is 521 g/mol. The lowest BCUT2D eigenvalue weighted by Gasteiger charge is -2.22. The second kappa shape index (κ2) is 14.1. The van der Waals surface area contributed by atoms with E-state index < -0.39 is 12.4 Å². The third kappa shape index (κ3) is 8.40. The molecule has 2 N–H and O–H groups in total. The zero-order valence-electron chi connectivity index (χ0n) is 20.4. The number of carbonyl (C=O) groups excluding carboxylic acids is 1. The molecule has 2 aliphatic rings. The van der Waals surface area contributed by atoms with E-state index in [1.807, 2.05) is 6.20 Å². The molecular formula is C26H31F3N4O4. The van der Waals surface area contributed by atoms with E-state index in [0.29, 0.717) is 11.6 Å². The second-order valence-electron chi connectivity index (χ2n) is 8.72. The van der Waals surface area contributed by atoms with Crippen molar-refractivity contribution < 1.29 is 32.6 Å². The first-order chi connectivity index (χ1) is 17.9. The van der Waals surface area contributed by atoms with Gasteiger partial charge in [-0.2, -0.15) is 13.9 Å². The van der Waals surface area contributed by atoms with Crippen LogP contribution in [0.4, 0.5) is 18.9 Å². The SMILES string of the molecule is Fc1cccc(OC(F)F)c1.O=C(NC1CCCCC1)c1cnn2ccc(N3CCCC3)cc12.O=CO. The molecule has 3 aromatic rings. The number of hydrogen-bond acceptors (Lipinski definition) is 5. The highest BCUT2D eigenvalue weighted by atomic mass is 19.3. The maximum absolute atomic E-state index is 12.6. The van der Waals surface area contributed by atoms with Crippen molar-refractivity contribution in [2.75, 3.05) is 18.0 Å². The van der Waals surface area contributed by atoms with Gasteiger partial charge in [-0.25, -0.2) is 8.91 Å². The van der Waals surface area contributed by atoms with E-state index in [2.05, 4.69) is 32.2 Å². The highest BCUT2D eigenvalue weighted by Crippen LogP contribution is 2.24. The van der Waals surface area contributed by atoms with Crippen LogP contribution in [0.15, 0.2) is 48.8 Å². The van der Waals surface area contributed by atoms with Gasteiger partial charge in [0.2, 0.25) is 0 Å². The third-order valence-corrected chi connectivity index (χ3v) is 6.18. The molecule has 0 bridgehead atoms. The minimum atomic E-state index is -2.91. The first kappa shape index (κ1) is 27.8. The Balaban J connectivity index is 0.000000228. The summed E-state index contributed by atoms with van der Waals surface area (Å²) in [5.74, 6) is -0.742. The monoisotopic (exact) mass is 520 g/mol. The fraction of sp³-hybridized carbons (Fsp3) is 0.423. The lowest BCUT2D eigenvalue weighted by atomic mass is 9.95. The third-order valence-electron chi connectivity index (χ3n) is 6.18. The van der Waals surface area contributed by atoms with Crippen LogP contribution in [0.5, 0.6) is 5.75 Å². The molecule has 2 aromatic heterocycles. The Morgan fingerprint density at radius 2 is 1.81 bits per heavy atom. The van der Waals surface area contributed by atoms with Crippen LogP contribution in [0.25, 0.3) is 5.52 Å². The van der Waals surface area contributed by atoms with E-state index >= 15 is 0 Å². The van der Waals surface area contributed by atoms with Crippen LogP contribution in [0, 0.1) is 5.82 Å². The lowest BCUT2D eigenvalue weighted by molar-refractivity contribution is -0.122. The van der Waals surface area contributed by atoms with Crippen LogP contribution < -0.4 is 15.0 Å². The molecule has 0 spiro atoms. The van der Waals surface area contributed by atoms with Crippen LogP contribution in [-0.2, 0) is 4.79 Å². The maximum atomic E-state index is 12.6. The summed E-state index contributed by atoms with van der Waals surface area (Å²) >= 11 is 0. The van der Waals surface area contributed by atoms with Crippen LogP contribution in [-0.4, -0.2) is 52.8 Å². The smallest absolute Gasteiger partial charge is 0.387 e. The molecule has 1 amide bonds. The van der Waals surface area contributed by atoms with Crippen molar-refractivity contribution in [2.45, 2.75) is 57.6 Å². The number of nitrogens with one attached hydrogen (secondary N) is 1. The van der Waals surface area contributed by atoms with E-state index in [0.717, 1.165) is 43.6 Å². The number of rotatable bonds is 5. The Morgan fingerprint density at radius 1 is 1.11 bits per heavy atom. The average Bonchev–Trinajstić information content (AvgIpc) is 3.55. The predicted octanol–water partition coefficient (Wildman–Crippen LogP) is 5.12. The van der Waals surface area contributed by atoms with E-state index in [9.17, 15) is 18.0 Å². The number of hydrogen-bond donors (Lipinski definition) is 2. The van der Waals surface area contributed by atoms with Crippen molar-refractivity contribution in [1.29, 1.82) is 0 Å². The molecule has 0 atom stereocenters. The van der Waals surface area contributed by atoms with Crippen LogP contribution in [0.3, 0.4) is 0 Å². The summed E-state index contributed by atoms with van der Waals surface area (Å²) in [5, 5.41) is 14.4. The largest absolute Gasteiger partial charge is 0.483 e. The van der Waals surface area contributed by atoms with Gasteiger partial charge < -0.3 is 20.1 Å². The number of ether oxygens (including phenoxy) is 1. The Bertz CT molecular complexity index is 1150. The fourth-order valence-electron chi connectivity index (χ4n) is 4.47. The number of pyridine rings is 1. The summed E-state index contributed by atoms with van der Waals surface area (Å²) < 4.78 is 41.0. The van der Waals surface area contributed by atoms with Crippen molar-refractivity contribution in [2.24, 2.45) is 0 Å². The van der Waals surface area contributed by atoms with Crippen LogP contribution in [0.2, 0.25) is 0 Å². The van der Waals surface area contributed by atoms with Gasteiger partial charge in [0.25, 0.3) is 12.4 Å². The molecule has 11 heteroatoms. The zero-order chi connectivity index (χ0) is 26.6. The second-order valence-corrected chi connectivity index (χ2v) is 8.72. The van der Waals surface area contributed by atoms with Crippen molar-refractivity contribution >= 4 is 23.6 Å². The van der Waals surface area contributed by atoms with Crippen molar-refractivity contribution in [3.8, 4) is 5.75 Å². The quantitative estimate of drug-likeness (QED) is 0.453. The topological polar surface area (TPSA) is 96.2 Å². The molecule has 0 unspecified atom stereocenters. The van der Waals surface area contributed by atoms with Gasteiger partial charge in [0.1, 0.15) is 11.6 Å². The van der Waals surface area contributed by atoms with E-state index in [4.69, 9.17) is 9.90 Å². The molecule has 1 aliphatic carbocycles. The van der Waals surface area contributed by atoms with Crippen molar-refractivity contribution in [3.05, 3.63) is 60.2 Å². The Kier molecular flexibility index (Phi) is 10.6. The van der Waals surface area contributed by atoms with Gasteiger partial charge in [-0.3, -0.25) is 9.59 Å². The summed E-state index contributed by atoms with van der Waals surface area (Å²) in [6.45, 7) is -0.946. The van der Waals surface area contributed by atoms with Crippen molar-refractivity contribution in [3.63, 3.8) is 0 Å². The number of nitrogens with zero attached hydrogens (tertiary/aromatic N) is 3. The number of carbonyl (C=O) groups is 2. The number of aromatic nitrogens is 2. The molecule has 5 rings (SSSR count). The molecule has 1 saturated heterocycles. The highest BCUT2D eigenvalue weighted by molar-refractivity contribution is 6.01. The molecule has 37 heavy (non-hydrogen) atoms. The zero-order valence-corrected chi connectivity index (χ0v) is 20.4. The highest BCUT2D eigenvalue weighted by Gasteiger charge is 2.20. The van der Waals surface area contributed by atoms with Crippen LogP contribution in [0.1, 0.15) is 55.3 Å². The summed E-state index contributed by atoms with van der Waals surface area (Å²) in [5.41, 5.74) is 2.79. The predicted molar refractivity (Wildman–Crippen MR) is 133 cm³/mol. The van der Waals surface area contributed by atoms with Gasteiger partial charge in [-0.15, -0.1) is 0 Å². The minimum Gasteiger partial charge on any atom is -0.483 e. The number of alkyl halides is 2. The normalized spacial score (nSPS) is 15.4. The molecule has 1 aliphatic heterocycles. The number of benzene rings is 1. The number of amides is 1. The standard InChI is InChI=1S/C18H24N4O.C7H5F3O.CH2O2/c23-18(20-14-6-2-1-3-7-14)16-13-19-22-11-8-15(12-17(16)22)21-9-4-5-10-21;8-5-2-1-3-6(4-5)11-7(9)10;2-1-3/h8,11-14H,1-7,9-10H2,(H,20,23);1-4,7H;1H,(H,2,3). The molecule has 1 saturated carbocycles. The maximum Gasteiger partial charge on any atom is 0.387 e. The Labute approximate surface area is 213 Å². The molecule has 0 radical (unpaired) electrons. The number of carboxylic acid groups (broad SMARTS) is 1. The molecule has 2 fully saturated rings. The summed E-state index contributed by atoms with van der Waals surface area (Å²) in [6, 6.07) is 9.13. The fourth-order valence-corrected chi connectivity index (χ4v) is 4.47. The van der Waals surface area contributed by atoms with Gasteiger partial charge in [-0.05, 0) is 49.9 Å². The van der Waals surface area contributed by atoms with E-state index in [1.54, 1.807) is 10.7 Å². The molecule has 1 aromatic carbocycles.